The van der Waals surface area contributed by atoms with Gasteiger partial charge in [0.15, 0.2) is 0 Å². The van der Waals surface area contributed by atoms with Crippen LogP contribution in [-0.4, -0.2) is 34.1 Å². The van der Waals surface area contributed by atoms with Gasteiger partial charge in [0.05, 0.1) is 5.39 Å². The number of hydrogen-bond donors (Lipinski definition) is 3. The van der Waals surface area contributed by atoms with Gasteiger partial charge in [0.1, 0.15) is 17.8 Å². The summed E-state index contributed by atoms with van der Waals surface area (Å²) in [6, 6.07) is 2.48. The summed E-state index contributed by atoms with van der Waals surface area (Å²) in [5, 5.41) is 7.92. The molecule has 2 aromatic rings. The Kier molecular flexibility index (Phi) is 2.46. The Morgan fingerprint density at radius 2 is 2.38 bits per heavy atom. The second-order valence-electron chi connectivity index (χ2n) is 4.15. The maximum atomic E-state index is 4.30. The first-order valence-corrected chi connectivity index (χ1v) is 5.69. The van der Waals surface area contributed by atoms with Gasteiger partial charge in [-0.2, -0.15) is 0 Å². The summed E-state index contributed by atoms with van der Waals surface area (Å²) in [4.78, 5) is 11.6. The van der Waals surface area contributed by atoms with Crippen LogP contribution in [0.25, 0.3) is 11.0 Å². The number of fused-ring (bicyclic) bond motifs is 1. The molecule has 0 amide bonds. The Morgan fingerprint density at radius 1 is 1.38 bits per heavy atom. The number of anilines is 1. The molecule has 5 nitrogen and oxygen atoms in total. The highest BCUT2D eigenvalue weighted by Gasteiger charge is 2.14. The molecular weight excluding hydrogens is 202 g/mol. The molecule has 0 spiro atoms. The molecule has 1 aliphatic rings. The molecule has 84 valence electrons. The Balaban J connectivity index is 1.85. The van der Waals surface area contributed by atoms with Crippen molar-refractivity contribution in [3.63, 3.8) is 0 Å². The number of aromatic amines is 1. The summed E-state index contributed by atoms with van der Waals surface area (Å²) >= 11 is 0. The third kappa shape index (κ3) is 1.74. The van der Waals surface area contributed by atoms with Crippen molar-refractivity contribution in [2.45, 2.75) is 18.9 Å². The monoisotopic (exact) mass is 217 g/mol. The summed E-state index contributed by atoms with van der Waals surface area (Å²) in [5.74, 6) is 0.931. The molecule has 0 radical (unpaired) electrons. The zero-order valence-corrected chi connectivity index (χ0v) is 9.03. The van der Waals surface area contributed by atoms with Crippen LogP contribution in [0.2, 0.25) is 0 Å². The van der Waals surface area contributed by atoms with E-state index in [0.29, 0.717) is 6.04 Å². The normalized spacial score (nSPS) is 21.1. The van der Waals surface area contributed by atoms with Gasteiger partial charge in [-0.25, -0.2) is 9.97 Å². The van der Waals surface area contributed by atoms with Crippen molar-refractivity contribution in [3.05, 3.63) is 18.6 Å². The van der Waals surface area contributed by atoms with E-state index in [1.165, 1.54) is 12.8 Å². The molecule has 5 heteroatoms. The van der Waals surface area contributed by atoms with E-state index in [2.05, 4.69) is 25.6 Å². The maximum Gasteiger partial charge on any atom is 0.142 e. The lowest BCUT2D eigenvalue weighted by molar-refractivity contribution is 0.479. The van der Waals surface area contributed by atoms with Gasteiger partial charge < -0.3 is 15.6 Å². The van der Waals surface area contributed by atoms with Gasteiger partial charge in [0, 0.05) is 18.8 Å². The molecule has 1 aliphatic heterocycles. The van der Waals surface area contributed by atoms with Gasteiger partial charge in [-0.05, 0) is 25.5 Å². The Bertz CT molecular complexity index is 472. The fourth-order valence-electron chi connectivity index (χ4n) is 2.16. The van der Waals surface area contributed by atoms with Gasteiger partial charge in [0.2, 0.25) is 0 Å². The lowest BCUT2D eigenvalue weighted by Gasteiger charge is -2.24. The smallest absolute Gasteiger partial charge is 0.142 e. The fourth-order valence-corrected chi connectivity index (χ4v) is 2.16. The quantitative estimate of drug-likeness (QED) is 0.705. The molecule has 0 aliphatic carbocycles. The third-order valence-electron chi connectivity index (χ3n) is 2.99. The van der Waals surface area contributed by atoms with Gasteiger partial charge >= 0.3 is 0 Å². The molecule has 16 heavy (non-hydrogen) atoms. The molecule has 3 heterocycles. The molecule has 1 saturated heterocycles. The molecule has 1 fully saturated rings. The zero-order chi connectivity index (χ0) is 10.8. The third-order valence-corrected chi connectivity index (χ3v) is 2.99. The SMILES string of the molecule is c1nc(N[C@@H]2CCCNC2)c2cc[nH]c2n1. The Labute approximate surface area is 93.7 Å². The number of H-pyrrole nitrogens is 1. The van der Waals surface area contributed by atoms with Crippen molar-refractivity contribution in [1.29, 1.82) is 0 Å². The van der Waals surface area contributed by atoms with Crippen molar-refractivity contribution in [3.8, 4) is 0 Å². The molecule has 3 rings (SSSR count). The molecule has 1 atom stereocenters. The van der Waals surface area contributed by atoms with E-state index in [-0.39, 0.29) is 0 Å². The van der Waals surface area contributed by atoms with Crippen molar-refractivity contribution < 1.29 is 0 Å². The minimum atomic E-state index is 0.474. The zero-order valence-electron chi connectivity index (χ0n) is 9.03. The summed E-state index contributed by atoms with van der Waals surface area (Å²) in [6.45, 7) is 2.14. The number of aromatic nitrogens is 3. The molecule has 2 aromatic heterocycles. The van der Waals surface area contributed by atoms with E-state index >= 15 is 0 Å². The first-order valence-electron chi connectivity index (χ1n) is 5.69. The highest BCUT2D eigenvalue weighted by molar-refractivity contribution is 5.86. The van der Waals surface area contributed by atoms with E-state index < -0.39 is 0 Å². The summed E-state index contributed by atoms with van der Waals surface area (Å²) in [5.41, 5.74) is 0.890. The van der Waals surface area contributed by atoms with Crippen LogP contribution in [0.5, 0.6) is 0 Å². The highest BCUT2D eigenvalue weighted by atomic mass is 15.1. The molecule has 0 aromatic carbocycles. The molecule has 0 bridgehead atoms. The maximum absolute atomic E-state index is 4.30. The van der Waals surface area contributed by atoms with E-state index in [9.17, 15) is 0 Å². The van der Waals surface area contributed by atoms with Crippen molar-refractivity contribution in [2.75, 3.05) is 18.4 Å². The lowest BCUT2D eigenvalue weighted by atomic mass is 10.1. The van der Waals surface area contributed by atoms with Gasteiger partial charge in [0.25, 0.3) is 0 Å². The Hall–Kier alpha value is -1.62. The van der Waals surface area contributed by atoms with Crippen LogP contribution in [-0.2, 0) is 0 Å². The Morgan fingerprint density at radius 3 is 3.25 bits per heavy atom. The highest BCUT2D eigenvalue weighted by Crippen LogP contribution is 2.19. The first-order chi connectivity index (χ1) is 7.93. The number of rotatable bonds is 2. The summed E-state index contributed by atoms with van der Waals surface area (Å²) < 4.78 is 0. The van der Waals surface area contributed by atoms with Crippen LogP contribution in [0.4, 0.5) is 5.82 Å². The number of hydrogen-bond acceptors (Lipinski definition) is 4. The second kappa shape index (κ2) is 4.09. The van der Waals surface area contributed by atoms with Crippen LogP contribution in [0, 0.1) is 0 Å². The van der Waals surface area contributed by atoms with E-state index in [0.717, 1.165) is 29.9 Å². The predicted molar refractivity (Wildman–Crippen MR) is 63.4 cm³/mol. The van der Waals surface area contributed by atoms with Gasteiger partial charge in [-0.3, -0.25) is 0 Å². The lowest BCUT2D eigenvalue weighted by Crippen LogP contribution is -2.38. The van der Waals surface area contributed by atoms with E-state index in [4.69, 9.17) is 0 Å². The van der Waals surface area contributed by atoms with Crippen LogP contribution in [0.3, 0.4) is 0 Å². The average molecular weight is 217 g/mol. The van der Waals surface area contributed by atoms with Crippen molar-refractivity contribution >= 4 is 16.9 Å². The average Bonchev–Trinajstić information content (AvgIpc) is 2.80. The summed E-state index contributed by atoms with van der Waals surface area (Å²) in [7, 11) is 0. The molecule has 3 N–H and O–H groups in total. The minimum absolute atomic E-state index is 0.474. The number of nitrogens with one attached hydrogen (secondary N) is 3. The van der Waals surface area contributed by atoms with E-state index in [1.807, 2.05) is 12.3 Å². The minimum Gasteiger partial charge on any atom is -0.365 e. The molecule has 0 unspecified atom stereocenters. The standard InChI is InChI=1S/C11H15N5/c1-2-8(6-12-4-1)16-11-9-3-5-13-10(9)14-7-15-11/h3,5,7-8,12H,1-2,4,6H2,(H2,13,14,15,16)/t8-/m1/s1. The van der Waals surface area contributed by atoms with Crippen molar-refractivity contribution in [1.82, 2.24) is 20.3 Å². The second-order valence-corrected chi connectivity index (χ2v) is 4.15. The number of nitrogens with zero attached hydrogens (tertiary/aromatic N) is 2. The van der Waals surface area contributed by atoms with Crippen molar-refractivity contribution in [2.24, 2.45) is 0 Å². The van der Waals surface area contributed by atoms with Crippen LogP contribution in [0.1, 0.15) is 12.8 Å². The van der Waals surface area contributed by atoms with Crippen LogP contribution >= 0.6 is 0 Å². The van der Waals surface area contributed by atoms with Crippen LogP contribution < -0.4 is 10.6 Å². The number of piperidine rings is 1. The van der Waals surface area contributed by atoms with Gasteiger partial charge in [-0.1, -0.05) is 0 Å². The summed E-state index contributed by atoms with van der Waals surface area (Å²) in [6.07, 6.45) is 5.91. The fraction of sp³-hybridized carbons (Fsp3) is 0.455. The van der Waals surface area contributed by atoms with Crippen LogP contribution in [0.15, 0.2) is 18.6 Å². The first kappa shape index (κ1) is 9.59. The molecular formula is C11H15N5. The predicted octanol–water partition coefficient (Wildman–Crippen LogP) is 1.12. The largest absolute Gasteiger partial charge is 0.365 e. The van der Waals surface area contributed by atoms with Gasteiger partial charge in [-0.15, -0.1) is 0 Å². The topological polar surface area (TPSA) is 65.6 Å². The van der Waals surface area contributed by atoms with E-state index in [1.54, 1.807) is 6.33 Å². The molecule has 0 saturated carbocycles.